The first kappa shape index (κ1) is 21.6. The zero-order valence-electron chi connectivity index (χ0n) is 18.1. The van der Waals surface area contributed by atoms with Crippen LogP contribution in [0.5, 0.6) is 0 Å². The molecule has 0 aliphatic carbocycles. The van der Waals surface area contributed by atoms with E-state index in [9.17, 15) is 4.39 Å². The Balaban J connectivity index is 1.35. The van der Waals surface area contributed by atoms with Crippen molar-refractivity contribution in [2.75, 3.05) is 55.5 Å². The maximum absolute atomic E-state index is 14.1. The first-order chi connectivity index (χ1) is 15.6. The monoisotopic (exact) mass is 436 g/mol. The normalized spacial score (nSPS) is 14.0. The molecule has 10 heteroatoms. The van der Waals surface area contributed by atoms with Gasteiger partial charge < -0.3 is 19.9 Å². The summed E-state index contributed by atoms with van der Waals surface area (Å²) in [6.07, 6.45) is 2.87. The number of benzene rings is 1. The molecule has 32 heavy (non-hydrogen) atoms. The lowest BCUT2D eigenvalue weighted by Crippen LogP contribution is -2.37. The summed E-state index contributed by atoms with van der Waals surface area (Å²) in [6, 6.07) is 11.9. The molecule has 0 radical (unpaired) electrons. The van der Waals surface area contributed by atoms with Gasteiger partial charge in [-0.1, -0.05) is 0 Å². The van der Waals surface area contributed by atoms with Crippen molar-refractivity contribution in [2.45, 2.75) is 6.54 Å². The zero-order valence-corrected chi connectivity index (χ0v) is 18.1. The SMILES string of the molecule is CN(C)c1ccc(Nc2ccc(CN=Nc3ncc(F)c(N4CCOCC4)n3)nc2)cc1. The highest BCUT2D eigenvalue weighted by molar-refractivity contribution is 5.62. The Hall–Kier alpha value is -3.66. The highest BCUT2D eigenvalue weighted by Crippen LogP contribution is 2.21. The molecule has 1 N–H and O–H groups in total. The Labute approximate surface area is 186 Å². The number of azo groups is 1. The van der Waals surface area contributed by atoms with Crippen molar-refractivity contribution in [1.29, 1.82) is 0 Å². The Morgan fingerprint density at radius 2 is 1.78 bits per heavy atom. The summed E-state index contributed by atoms with van der Waals surface area (Å²) in [5.41, 5.74) is 3.74. The highest BCUT2D eigenvalue weighted by atomic mass is 19.1. The van der Waals surface area contributed by atoms with Gasteiger partial charge in [0.15, 0.2) is 11.6 Å². The molecule has 4 rings (SSSR count). The van der Waals surface area contributed by atoms with Gasteiger partial charge in [-0.05, 0) is 36.4 Å². The number of morpholine rings is 1. The van der Waals surface area contributed by atoms with E-state index in [1.165, 1.54) is 0 Å². The van der Waals surface area contributed by atoms with Gasteiger partial charge >= 0.3 is 0 Å². The molecule has 0 spiro atoms. The summed E-state index contributed by atoms with van der Waals surface area (Å²) in [7, 11) is 4.02. The quantitative estimate of drug-likeness (QED) is 0.561. The summed E-state index contributed by atoms with van der Waals surface area (Å²) in [5.74, 6) is -0.135. The summed E-state index contributed by atoms with van der Waals surface area (Å²) < 4.78 is 19.4. The number of anilines is 4. The lowest BCUT2D eigenvalue weighted by molar-refractivity contribution is 0.122. The number of ether oxygens (including phenoxy) is 1. The molecule has 0 saturated carbocycles. The van der Waals surface area contributed by atoms with Crippen LogP contribution in [0.4, 0.5) is 33.2 Å². The fourth-order valence-electron chi connectivity index (χ4n) is 3.17. The van der Waals surface area contributed by atoms with Gasteiger partial charge in [0.05, 0.1) is 37.0 Å². The van der Waals surface area contributed by atoms with Crippen LogP contribution in [0.25, 0.3) is 0 Å². The van der Waals surface area contributed by atoms with E-state index in [0.29, 0.717) is 26.3 Å². The molecule has 1 saturated heterocycles. The van der Waals surface area contributed by atoms with Crippen molar-refractivity contribution in [3.8, 4) is 0 Å². The summed E-state index contributed by atoms with van der Waals surface area (Å²) in [4.78, 5) is 16.4. The van der Waals surface area contributed by atoms with Crippen molar-refractivity contribution in [3.63, 3.8) is 0 Å². The van der Waals surface area contributed by atoms with E-state index in [2.05, 4.69) is 35.4 Å². The molecule has 9 nitrogen and oxygen atoms in total. The number of nitrogens with zero attached hydrogens (tertiary/aromatic N) is 7. The van der Waals surface area contributed by atoms with Gasteiger partial charge in [-0.2, -0.15) is 10.1 Å². The molecule has 1 fully saturated rings. The fraction of sp³-hybridized carbons (Fsp3) is 0.318. The van der Waals surface area contributed by atoms with Crippen molar-refractivity contribution in [3.05, 3.63) is 60.3 Å². The molecule has 166 valence electrons. The molecule has 3 heterocycles. The van der Waals surface area contributed by atoms with Crippen LogP contribution in [0.3, 0.4) is 0 Å². The number of halogens is 1. The number of rotatable bonds is 7. The molecule has 0 unspecified atom stereocenters. The minimum atomic E-state index is -0.480. The molecular formula is C22H25FN8O. The number of hydrogen-bond donors (Lipinski definition) is 1. The third kappa shape index (κ3) is 5.52. The fourth-order valence-corrected chi connectivity index (χ4v) is 3.17. The lowest BCUT2D eigenvalue weighted by atomic mass is 10.2. The molecular weight excluding hydrogens is 411 g/mol. The maximum Gasteiger partial charge on any atom is 0.270 e. The van der Waals surface area contributed by atoms with E-state index in [-0.39, 0.29) is 18.3 Å². The lowest BCUT2D eigenvalue weighted by Gasteiger charge is -2.27. The van der Waals surface area contributed by atoms with E-state index in [4.69, 9.17) is 4.74 Å². The highest BCUT2D eigenvalue weighted by Gasteiger charge is 2.17. The molecule has 1 aliphatic rings. The van der Waals surface area contributed by atoms with Crippen molar-refractivity contribution < 1.29 is 9.13 Å². The second kappa shape index (κ2) is 10.1. The molecule has 2 aromatic heterocycles. The Kier molecular flexibility index (Phi) is 6.81. The van der Waals surface area contributed by atoms with Crippen molar-refractivity contribution in [1.82, 2.24) is 15.0 Å². The van der Waals surface area contributed by atoms with Crippen molar-refractivity contribution in [2.24, 2.45) is 10.2 Å². The molecule has 1 aliphatic heterocycles. The Morgan fingerprint density at radius 1 is 1.03 bits per heavy atom. The molecule has 3 aromatic rings. The van der Waals surface area contributed by atoms with Crippen LogP contribution in [0, 0.1) is 5.82 Å². The minimum Gasteiger partial charge on any atom is -0.378 e. The number of pyridine rings is 1. The molecule has 0 atom stereocenters. The third-order valence-electron chi connectivity index (χ3n) is 4.91. The Morgan fingerprint density at radius 3 is 2.47 bits per heavy atom. The molecule has 0 amide bonds. The molecule has 1 aromatic carbocycles. The topological polar surface area (TPSA) is 91.1 Å². The first-order valence-corrected chi connectivity index (χ1v) is 10.3. The standard InChI is InChI=1S/C22H25FN8O/c1-30(2)19-7-5-16(6-8-19)27-18-4-3-17(24-13-18)14-26-29-22-25-15-20(23)21(28-22)31-9-11-32-12-10-31/h3-8,13,15,27H,9-12,14H2,1-2H3. The van der Waals surface area contributed by atoms with Crippen LogP contribution < -0.4 is 15.1 Å². The van der Waals surface area contributed by atoms with Crippen LogP contribution in [0.1, 0.15) is 5.69 Å². The maximum atomic E-state index is 14.1. The van der Waals surface area contributed by atoms with Crippen LogP contribution in [0.2, 0.25) is 0 Å². The van der Waals surface area contributed by atoms with Gasteiger partial charge in [0.1, 0.15) is 6.54 Å². The summed E-state index contributed by atoms with van der Waals surface area (Å²) in [6.45, 7) is 2.51. The summed E-state index contributed by atoms with van der Waals surface area (Å²) in [5, 5.41) is 11.5. The average molecular weight is 436 g/mol. The number of aromatic nitrogens is 3. The van der Waals surface area contributed by atoms with Crippen LogP contribution in [-0.2, 0) is 11.3 Å². The van der Waals surface area contributed by atoms with Gasteiger partial charge in [0.2, 0.25) is 0 Å². The van der Waals surface area contributed by atoms with Gasteiger partial charge in [-0.15, -0.1) is 5.11 Å². The smallest absolute Gasteiger partial charge is 0.270 e. The second-order valence-corrected chi connectivity index (χ2v) is 7.45. The van der Waals surface area contributed by atoms with Crippen LogP contribution >= 0.6 is 0 Å². The van der Waals surface area contributed by atoms with E-state index in [1.807, 2.05) is 55.4 Å². The van der Waals surface area contributed by atoms with Gasteiger partial charge in [-0.25, -0.2) is 9.37 Å². The van der Waals surface area contributed by atoms with E-state index < -0.39 is 5.82 Å². The Bertz CT molecular complexity index is 1050. The van der Waals surface area contributed by atoms with Gasteiger partial charge in [-0.3, -0.25) is 4.98 Å². The first-order valence-electron chi connectivity index (χ1n) is 10.3. The average Bonchev–Trinajstić information content (AvgIpc) is 2.82. The van der Waals surface area contributed by atoms with Crippen LogP contribution in [-0.4, -0.2) is 55.4 Å². The van der Waals surface area contributed by atoms with Gasteiger partial charge in [0, 0.05) is 38.6 Å². The minimum absolute atomic E-state index is 0.118. The van der Waals surface area contributed by atoms with Crippen molar-refractivity contribution >= 4 is 28.8 Å². The molecule has 0 bridgehead atoms. The van der Waals surface area contributed by atoms with E-state index >= 15 is 0 Å². The number of hydrogen-bond acceptors (Lipinski definition) is 9. The second-order valence-electron chi connectivity index (χ2n) is 7.45. The third-order valence-corrected chi connectivity index (χ3v) is 4.91. The predicted molar refractivity (Wildman–Crippen MR) is 122 cm³/mol. The van der Waals surface area contributed by atoms with Gasteiger partial charge in [0.25, 0.3) is 5.95 Å². The largest absolute Gasteiger partial charge is 0.378 e. The number of nitrogens with one attached hydrogen (secondary N) is 1. The van der Waals surface area contributed by atoms with E-state index in [0.717, 1.165) is 29.0 Å². The summed E-state index contributed by atoms with van der Waals surface area (Å²) >= 11 is 0. The predicted octanol–water partition coefficient (Wildman–Crippen LogP) is 3.94. The van der Waals surface area contributed by atoms with Crippen LogP contribution in [0.15, 0.2) is 59.0 Å². The zero-order chi connectivity index (χ0) is 22.3. The van der Waals surface area contributed by atoms with E-state index in [1.54, 1.807) is 6.20 Å².